The van der Waals surface area contributed by atoms with Crippen LogP contribution in [0.2, 0.25) is 0 Å². The topological polar surface area (TPSA) is 17.1 Å². The Morgan fingerprint density at radius 2 is 1.50 bits per heavy atom. The Morgan fingerprint density at radius 1 is 1.50 bits per heavy atom. The third kappa shape index (κ3) is 8.86. The van der Waals surface area contributed by atoms with Crippen LogP contribution in [0, 0.1) is 0 Å². The Balaban J connectivity index is -0.000000000833. The van der Waals surface area contributed by atoms with Gasteiger partial charge in [-0.15, -0.1) is 0 Å². The van der Waals surface area contributed by atoms with E-state index >= 15 is 0 Å². The fraction of sp³-hybridized carbons (Fsp3) is 0. The van der Waals surface area contributed by atoms with Crippen LogP contribution in [0.25, 0.3) is 0 Å². The normalized spacial score (nSPS) is 1.50. The van der Waals surface area contributed by atoms with Gasteiger partial charge in [0.25, 0.3) is 0 Å². The van der Waals surface area contributed by atoms with Crippen molar-refractivity contribution >= 4 is 45.5 Å². The molecule has 0 N–H and O–H groups in total. The van der Waals surface area contributed by atoms with Gasteiger partial charge in [-0.2, -0.15) is 0 Å². The molecule has 0 amide bonds. The molecule has 1 nitrogen and oxygen atoms in total. The minimum absolute atomic E-state index is 0. The van der Waals surface area contributed by atoms with E-state index in [1.54, 1.807) is 0 Å². The summed E-state index contributed by atoms with van der Waals surface area (Å²) in [6.07, 6.45) is 0. The largest absolute Gasteiger partial charge is 2.00 e. The monoisotopic (exact) mass is 223 g/mol. The van der Waals surface area contributed by atoms with E-state index in [9.17, 15) is 0 Å². The second kappa shape index (κ2) is 18.6. The van der Waals surface area contributed by atoms with Gasteiger partial charge in [-0.05, 0) is 0 Å². The van der Waals surface area contributed by atoms with Gasteiger partial charge in [0, 0.05) is 16.8 Å². The zero-order valence-corrected chi connectivity index (χ0v) is 7.27. The summed E-state index contributed by atoms with van der Waals surface area (Å²) in [5.41, 5.74) is 0. The van der Waals surface area contributed by atoms with E-state index in [4.69, 9.17) is 3.90 Å². The summed E-state index contributed by atoms with van der Waals surface area (Å²) in [6, 6.07) is 0. The van der Waals surface area contributed by atoms with Crippen LogP contribution in [0.5, 0.6) is 0 Å². The van der Waals surface area contributed by atoms with Gasteiger partial charge in [0.15, 0.2) is 0 Å². The fourth-order valence-electron chi connectivity index (χ4n) is 0. The standard InChI is InChI=1S/Co.Ni.O.Sr.2H/q;;;+2;2*-1. The maximum absolute atomic E-state index is 7.88. The van der Waals surface area contributed by atoms with Crippen LogP contribution in [-0.2, 0) is 36.1 Å². The molecule has 0 unspecified atom stereocenters. The van der Waals surface area contributed by atoms with Crippen LogP contribution >= 0.6 is 0 Å². The van der Waals surface area contributed by atoms with Gasteiger partial charge in [-0.25, -0.2) is 0 Å². The van der Waals surface area contributed by atoms with Crippen molar-refractivity contribution in [3.05, 3.63) is 0 Å². The number of hydrogen-bond acceptors (Lipinski definition) is 1. The van der Waals surface area contributed by atoms with Crippen LogP contribution in [-0.4, -0.2) is 45.5 Å². The molecule has 0 saturated heterocycles. The Kier molecular flexibility index (Phi) is 75.7. The summed E-state index contributed by atoms with van der Waals surface area (Å²) in [7, 11) is 0. The summed E-state index contributed by atoms with van der Waals surface area (Å²) in [4.78, 5) is 0. The van der Waals surface area contributed by atoms with Crippen molar-refractivity contribution in [3.8, 4) is 0 Å². The minimum atomic E-state index is 0. The van der Waals surface area contributed by atoms with E-state index in [2.05, 4.69) is 15.4 Å². The molecule has 0 bridgehead atoms. The zero-order valence-electron chi connectivity index (χ0n) is 3.76. The van der Waals surface area contributed by atoms with Crippen LogP contribution in [0.4, 0.5) is 0 Å². The maximum atomic E-state index is 7.88. The summed E-state index contributed by atoms with van der Waals surface area (Å²) < 4.78 is 7.88. The molecule has 0 saturated carbocycles. The fourth-order valence-corrected chi connectivity index (χ4v) is 0. The predicted molar refractivity (Wildman–Crippen MR) is 8.66 cm³/mol. The van der Waals surface area contributed by atoms with Crippen LogP contribution in [0.3, 0.4) is 0 Å². The molecule has 0 spiro atoms. The van der Waals surface area contributed by atoms with E-state index in [1.807, 2.05) is 0 Å². The second-order valence-corrected chi connectivity index (χ2v) is 0. The molecule has 0 fully saturated rings. The minimum Gasteiger partial charge on any atom is 2.00 e. The van der Waals surface area contributed by atoms with Crippen molar-refractivity contribution in [2.24, 2.45) is 0 Å². The van der Waals surface area contributed by atoms with E-state index in [0.717, 1.165) is 0 Å². The Labute approximate surface area is 82.9 Å². The van der Waals surface area contributed by atoms with E-state index in [0.29, 0.717) is 0 Å². The summed E-state index contributed by atoms with van der Waals surface area (Å²) in [6.45, 7) is 0. The Bertz CT molecular complexity index is 13.5. The second-order valence-electron chi connectivity index (χ2n) is 0. The molecule has 0 aliphatic carbocycles. The molecule has 0 aromatic heterocycles. The van der Waals surface area contributed by atoms with Crippen LogP contribution in [0.15, 0.2) is 0 Å². The molecule has 0 rings (SSSR count). The molecule has 0 atom stereocenters. The molecule has 4 heteroatoms. The first-order chi connectivity index (χ1) is 1.00. The van der Waals surface area contributed by atoms with E-state index in [1.165, 1.54) is 0 Å². The van der Waals surface area contributed by atoms with E-state index in [-0.39, 0.29) is 65.1 Å². The molecule has 0 aliphatic rings. The smallest absolute Gasteiger partial charge is 2.00 e. The van der Waals surface area contributed by atoms with Gasteiger partial charge in [-0.3, -0.25) is 0 Å². The molecule has 4 heavy (non-hydrogen) atoms. The molecule has 0 aromatic carbocycles. The van der Waals surface area contributed by atoms with Gasteiger partial charge in [0.05, 0.1) is 0 Å². The Morgan fingerprint density at radius 3 is 1.50 bits per heavy atom. The van der Waals surface area contributed by atoms with Crippen molar-refractivity contribution < 1.29 is 38.9 Å². The summed E-state index contributed by atoms with van der Waals surface area (Å²) in [5, 5.41) is 0. The van der Waals surface area contributed by atoms with Crippen LogP contribution < -0.4 is 0 Å². The first kappa shape index (κ1) is 16.3. The quantitative estimate of drug-likeness (QED) is 0.516. The van der Waals surface area contributed by atoms with Crippen molar-refractivity contribution in [2.75, 3.05) is 0 Å². The average Bonchev–Trinajstić information content (AvgIpc) is 1.00. The van der Waals surface area contributed by atoms with Crippen molar-refractivity contribution in [1.29, 1.82) is 0 Å². The van der Waals surface area contributed by atoms with Crippen molar-refractivity contribution in [3.63, 3.8) is 0 Å². The molecular formula is H2CoNiOSr. The van der Waals surface area contributed by atoms with Gasteiger partial charge in [0.1, 0.15) is 0 Å². The third-order valence-corrected chi connectivity index (χ3v) is 0. The van der Waals surface area contributed by atoms with Gasteiger partial charge >= 0.3 is 64.8 Å². The molecular weight excluding hydrogens is 221 g/mol. The predicted octanol–water partition coefficient (Wildman–Crippen LogP) is -0.280. The zero-order chi connectivity index (χ0) is 2.00. The number of rotatable bonds is 0. The summed E-state index contributed by atoms with van der Waals surface area (Å²) in [5.74, 6) is 0. The molecule has 0 aromatic rings. The first-order valence-corrected chi connectivity index (χ1v) is 0.532. The summed E-state index contributed by atoms with van der Waals surface area (Å²) >= 11 is 2.62. The Hall–Kier alpha value is 2.28. The van der Waals surface area contributed by atoms with Crippen LogP contribution in [0.1, 0.15) is 2.85 Å². The molecule has 1 radical (unpaired) electrons. The average molecular weight is 223 g/mol. The molecule has 0 aliphatic heterocycles. The van der Waals surface area contributed by atoms with Gasteiger partial charge in [-0.1, -0.05) is 0 Å². The number of hydrogen-bond donors (Lipinski definition) is 0. The molecule has 0 heterocycles. The van der Waals surface area contributed by atoms with Gasteiger partial charge in [0.2, 0.25) is 0 Å². The maximum Gasteiger partial charge on any atom is 2.00 e. The van der Waals surface area contributed by atoms with Crippen molar-refractivity contribution in [1.82, 2.24) is 0 Å². The van der Waals surface area contributed by atoms with Crippen molar-refractivity contribution in [2.45, 2.75) is 0 Å². The SMILES string of the molecule is [Co].[H-].[H-].[O]=[Ni].[Sr+2]. The van der Waals surface area contributed by atoms with E-state index < -0.39 is 0 Å². The molecule has 29 valence electrons. The first-order valence-electron chi connectivity index (χ1n) is 0.129. The third-order valence-electron chi connectivity index (χ3n) is 0. The van der Waals surface area contributed by atoms with Gasteiger partial charge < -0.3 is 2.85 Å².